The molecule has 0 radical (unpaired) electrons. The summed E-state index contributed by atoms with van der Waals surface area (Å²) in [6.45, 7) is 3.96. The van der Waals surface area contributed by atoms with E-state index in [2.05, 4.69) is 47.8 Å². The van der Waals surface area contributed by atoms with Gasteiger partial charge in [0, 0.05) is 18.8 Å². The maximum absolute atomic E-state index is 5.99. The van der Waals surface area contributed by atoms with Crippen molar-refractivity contribution in [3.05, 3.63) is 51.7 Å². The molecule has 17 heavy (non-hydrogen) atoms. The van der Waals surface area contributed by atoms with Crippen LogP contribution in [0.1, 0.15) is 16.7 Å². The number of nitrogens with zero attached hydrogens (tertiary/aromatic N) is 1. The lowest BCUT2D eigenvalue weighted by Gasteiger charge is -2.17. The van der Waals surface area contributed by atoms with Crippen molar-refractivity contribution in [1.29, 1.82) is 0 Å². The molecule has 0 atom stereocenters. The predicted octanol–water partition coefficient (Wildman–Crippen LogP) is 3.27. The minimum Gasteiger partial charge on any atom is -0.398 e. The Labute approximate surface area is 107 Å². The van der Waals surface area contributed by atoms with Gasteiger partial charge in [0.1, 0.15) is 0 Å². The minimum absolute atomic E-state index is 0.882. The first-order valence-electron chi connectivity index (χ1n) is 5.70. The van der Waals surface area contributed by atoms with Crippen molar-refractivity contribution in [2.24, 2.45) is 0 Å². The Morgan fingerprint density at radius 1 is 1.24 bits per heavy atom. The van der Waals surface area contributed by atoms with Crippen LogP contribution in [0.25, 0.3) is 0 Å². The van der Waals surface area contributed by atoms with Crippen LogP contribution in [0.2, 0.25) is 0 Å². The zero-order valence-corrected chi connectivity index (χ0v) is 11.1. The second-order valence-corrected chi connectivity index (χ2v) is 5.29. The summed E-state index contributed by atoms with van der Waals surface area (Å²) < 4.78 is 0. The summed E-state index contributed by atoms with van der Waals surface area (Å²) in [7, 11) is 2.12. The molecule has 2 N–H and O–H groups in total. The van der Waals surface area contributed by atoms with Crippen molar-refractivity contribution in [3.63, 3.8) is 0 Å². The monoisotopic (exact) mass is 246 g/mol. The fraction of sp³-hybridized carbons (Fsp3) is 0.286. The fourth-order valence-electron chi connectivity index (χ4n) is 1.91. The third-order valence-corrected chi connectivity index (χ3v) is 3.50. The number of hydrogen-bond donors (Lipinski definition) is 1. The van der Waals surface area contributed by atoms with Crippen LogP contribution in [0.3, 0.4) is 0 Å². The Kier molecular flexibility index (Phi) is 3.82. The van der Waals surface area contributed by atoms with E-state index in [0.717, 1.165) is 18.8 Å². The van der Waals surface area contributed by atoms with Crippen molar-refractivity contribution in [1.82, 2.24) is 4.90 Å². The lowest BCUT2D eigenvalue weighted by molar-refractivity contribution is 0.320. The number of hydrogen-bond acceptors (Lipinski definition) is 3. The van der Waals surface area contributed by atoms with Gasteiger partial charge in [-0.05, 0) is 48.0 Å². The first-order valence-corrected chi connectivity index (χ1v) is 6.64. The molecule has 2 aromatic rings. The Morgan fingerprint density at radius 3 is 2.76 bits per heavy atom. The lowest BCUT2D eigenvalue weighted by Crippen LogP contribution is -2.17. The van der Waals surface area contributed by atoms with Gasteiger partial charge in [0.25, 0.3) is 0 Å². The number of nitrogens with two attached hydrogens (primary N) is 1. The SMILES string of the molecule is Cc1ccc(N)c(CN(C)Cc2ccsc2)c1. The van der Waals surface area contributed by atoms with Crippen molar-refractivity contribution in [3.8, 4) is 0 Å². The van der Waals surface area contributed by atoms with Crippen LogP contribution in [0.5, 0.6) is 0 Å². The number of aryl methyl sites for hydroxylation is 1. The summed E-state index contributed by atoms with van der Waals surface area (Å²) in [5.74, 6) is 0. The summed E-state index contributed by atoms with van der Waals surface area (Å²) in [4.78, 5) is 2.28. The molecule has 1 aromatic heterocycles. The third-order valence-electron chi connectivity index (χ3n) is 2.77. The maximum atomic E-state index is 5.99. The van der Waals surface area contributed by atoms with Gasteiger partial charge in [0.15, 0.2) is 0 Å². The molecule has 0 aliphatic heterocycles. The van der Waals surface area contributed by atoms with Crippen molar-refractivity contribution in [2.75, 3.05) is 12.8 Å². The van der Waals surface area contributed by atoms with Crippen LogP contribution < -0.4 is 5.73 Å². The second-order valence-electron chi connectivity index (χ2n) is 4.51. The van der Waals surface area contributed by atoms with E-state index in [0.29, 0.717) is 0 Å². The molecular formula is C14H18N2S. The molecule has 0 saturated carbocycles. The predicted molar refractivity (Wildman–Crippen MR) is 75.1 cm³/mol. The lowest BCUT2D eigenvalue weighted by atomic mass is 10.1. The van der Waals surface area contributed by atoms with Crippen molar-refractivity contribution in [2.45, 2.75) is 20.0 Å². The summed E-state index contributed by atoms with van der Waals surface area (Å²) in [5, 5.41) is 4.31. The standard InChI is InChI=1S/C14H18N2S/c1-11-3-4-14(15)13(7-11)9-16(2)8-12-5-6-17-10-12/h3-7,10H,8-9,15H2,1-2H3. The van der Waals surface area contributed by atoms with Gasteiger partial charge < -0.3 is 5.73 Å². The zero-order valence-electron chi connectivity index (χ0n) is 10.3. The second kappa shape index (κ2) is 5.34. The molecular weight excluding hydrogens is 228 g/mol. The van der Waals surface area contributed by atoms with Gasteiger partial charge in [0.2, 0.25) is 0 Å². The molecule has 0 fully saturated rings. The minimum atomic E-state index is 0.882. The number of nitrogen functional groups attached to an aromatic ring is 1. The first kappa shape index (κ1) is 12.1. The van der Waals surface area contributed by atoms with Crippen LogP contribution in [0.15, 0.2) is 35.0 Å². The molecule has 1 heterocycles. The highest BCUT2D eigenvalue weighted by Crippen LogP contribution is 2.17. The van der Waals surface area contributed by atoms with Crippen LogP contribution in [0.4, 0.5) is 5.69 Å². The normalized spacial score (nSPS) is 11.0. The molecule has 0 spiro atoms. The van der Waals surface area contributed by atoms with Gasteiger partial charge in [-0.2, -0.15) is 11.3 Å². The highest BCUT2D eigenvalue weighted by atomic mass is 32.1. The first-order chi connectivity index (χ1) is 8.15. The Balaban J connectivity index is 2.02. The number of rotatable bonds is 4. The number of benzene rings is 1. The molecule has 2 rings (SSSR count). The van der Waals surface area contributed by atoms with Gasteiger partial charge in [-0.15, -0.1) is 0 Å². The highest BCUT2D eigenvalue weighted by Gasteiger charge is 2.05. The molecule has 0 saturated heterocycles. The quantitative estimate of drug-likeness (QED) is 0.839. The largest absolute Gasteiger partial charge is 0.398 e. The molecule has 0 amide bonds. The van der Waals surface area contributed by atoms with E-state index in [1.807, 2.05) is 6.07 Å². The van der Waals surface area contributed by atoms with E-state index in [1.54, 1.807) is 11.3 Å². The Morgan fingerprint density at radius 2 is 2.06 bits per heavy atom. The summed E-state index contributed by atoms with van der Waals surface area (Å²) in [6, 6.07) is 8.38. The summed E-state index contributed by atoms with van der Waals surface area (Å²) in [6.07, 6.45) is 0. The average molecular weight is 246 g/mol. The molecule has 0 aliphatic carbocycles. The molecule has 3 heteroatoms. The molecule has 0 unspecified atom stereocenters. The zero-order chi connectivity index (χ0) is 12.3. The van der Waals surface area contributed by atoms with Crippen LogP contribution >= 0.6 is 11.3 Å². The Bertz CT molecular complexity index is 477. The third kappa shape index (κ3) is 3.32. The summed E-state index contributed by atoms with van der Waals surface area (Å²) in [5.41, 5.74) is 10.7. The van der Waals surface area contributed by atoms with Gasteiger partial charge >= 0.3 is 0 Å². The van der Waals surface area contributed by atoms with Crippen LogP contribution in [-0.4, -0.2) is 11.9 Å². The molecule has 0 aliphatic rings. The van der Waals surface area contributed by atoms with Gasteiger partial charge in [0.05, 0.1) is 0 Å². The van der Waals surface area contributed by atoms with Crippen molar-refractivity contribution < 1.29 is 0 Å². The topological polar surface area (TPSA) is 29.3 Å². The number of anilines is 1. The van der Waals surface area contributed by atoms with Gasteiger partial charge in [-0.1, -0.05) is 17.7 Å². The maximum Gasteiger partial charge on any atom is 0.0359 e. The van der Waals surface area contributed by atoms with E-state index in [9.17, 15) is 0 Å². The molecule has 90 valence electrons. The molecule has 1 aromatic carbocycles. The highest BCUT2D eigenvalue weighted by molar-refractivity contribution is 7.07. The average Bonchev–Trinajstić information content (AvgIpc) is 2.76. The fourth-order valence-corrected chi connectivity index (χ4v) is 2.57. The van der Waals surface area contributed by atoms with Gasteiger partial charge in [-0.3, -0.25) is 4.90 Å². The van der Waals surface area contributed by atoms with E-state index in [1.165, 1.54) is 16.7 Å². The van der Waals surface area contributed by atoms with Gasteiger partial charge in [-0.25, -0.2) is 0 Å². The number of thiophene rings is 1. The molecule has 0 bridgehead atoms. The van der Waals surface area contributed by atoms with Crippen LogP contribution in [0, 0.1) is 6.92 Å². The Hall–Kier alpha value is -1.32. The van der Waals surface area contributed by atoms with E-state index >= 15 is 0 Å². The van der Waals surface area contributed by atoms with E-state index in [4.69, 9.17) is 5.73 Å². The summed E-state index contributed by atoms with van der Waals surface area (Å²) >= 11 is 1.74. The van der Waals surface area contributed by atoms with E-state index < -0.39 is 0 Å². The smallest absolute Gasteiger partial charge is 0.0359 e. The van der Waals surface area contributed by atoms with Crippen molar-refractivity contribution >= 4 is 17.0 Å². The van der Waals surface area contributed by atoms with Crippen LogP contribution in [-0.2, 0) is 13.1 Å². The van der Waals surface area contributed by atoms with E-state index in [-0.39, 0.29) is 0 Å². The molecule has 2 nitrogen and oxygen atoms in total.